The number of aliphatic hydroxyl groups excluding tert-OH is 1. The Kier molecular flexibility index (Phi) is 7.43. The summed E-state index contributed by atoms with van der Waals surface area (Å²) in [5, 5.41) is 21.7. The molecule has 1 atom stereocenters. The fraction of sp³-hybridized carbons (Fsp3) is 0.409. The van der Waals surface area contributed by atoms with Crippen molar-refractivity contribution in [3.05, 3.63) is 56.8 Å². The summed E-state index contributed by atoms with van der Waals surface area (Å²) >= 11 is 3.38. The van der Waals surface area contributed by atoms with Gasteiger partial charge in [0.1, 0.15) is 17.0 Å². The number of aliphatic hydroxyl groups is 1. The number of amides is 1. The highest BCUT2D eigenvalue weighted by Gasteiger charge is 2.36. The van der Waals surface area contributed by atoms with Gasteiger partial charge >= 0.3 is 6.09 Å². The predicted octanol–water partition coefficient (Wildman–Crippen LogP) is 4.71. The quantitative estimate of drug-likeness (QED) is 0.445. The normalized spacial score (nSPS) is 16.5. The summed E-state index contributed by atoms with van der Waals surface area (Å²) in [6.45, 7) is 5.44. The van der Waals surface area contributed by atoms with E-state index in [0.717, 1.165) is 0 Å². The number of carbonyl (C=O) groups excluding carboxylic acids is 1. The molecule has 2 aromatic rings. The molecule has 0 radical (unpaired) electrons. The van der Waals surface area contributed by atoms with Crippen LogP contribution in [-0.4, -0.2) is 58.9 Å². The molecule has 0 saturated carbocycles. The summed E-state index contributed by atoms with van der Waals surface area (Å²) in [6, 6.07) is 7.86. The molecular weight excluding hydrogens is 501 g/mol. The number of nitrogens with zero attached hydrogens (tertiary/aromatic N) is 3. The van der Waals surface area contributed by atoms with Crippen LogP contribution < -0.4 is 9.64 Å². The molecule has 0 aromatic heterocycles. The minimum Gasteiger partial charge on any atom is -0.453 e. The van der Waals surface area contributed by atoms with Gasteiger partial charge in [-0.1, -0.05) is 12.1 Å². The standard InChI is InChI=1S/C22H25BrFN3O6/c1-22(2,3)33-21(29)26-11-10-25(12-14(26)13-28)20-16(27(30)31)8-9-18(19(20)23)32-17-7-5-4-6-15(17)24/h4-9,14,28H,10-13H2,1-3H3/t14-/m1/s1. The molecule has 11 heteroatoms. The third-order valence-electron chi connectivity index (χ3n) is 4.95. The molecule has 0 spiro atoms. The second-order valence-electron chi connectivity index (χ2n) is 8.49. The van der Waals surface area contributed by atoms with Crippen LogP contribution in [0.1, 0.15) is 20.8 Å². The maximum atomic E-state index is 14.1. The maximum absolute atomic E-state index is 14.1. The van der Waals surface area contributed by atoms with Crippen molar-refractivity contribution < 1.29 is 28.7 Å². The van der Waals surface area contributed by atoms with E-state index in [2.05, 4.69) is 15.9 Å². The van der Waals surface area contributed by atoms with Crippen LogP contribution in [0.5, 0.6) is 11.5 Å². The van der Waals surface area contributed by atoms with Crippen LogP contribution in [0, 0.1) is 15.9 Å². The molecule has 2 aromatic carbocycles. The highest BCUT2D eigenvalue weighted by atomic mass is 79.9. The lowest BCUT2D eigenvalue weighted by Crippen LogP contribution is -2.57. The van der Waals surface area contributed by atoms with Gasteiger partial charge in [0.25, 0.3) is 5.69 Å². The molecule has 1 N–H and O–H groups in total. The molecule has 33 heavy (non-hydrogen) atoms. The molecule has 0 bridgehead atoms. The first kappa shape index (κ1) is 24.7. The number of benzene rings is 2. The summed E-state index contributed by atoms with van der Waals surface area (Å²) in [5.41, 5.74) is -0.671. The first-order valence-electron chi connectivity index (χ1n) is 10.3. The van der Waals surface area contributed by atoms with E-state index in [1.54, 1.807) is 31.7 Å². The van der Waals surface area contributed by atoms with E-state index in [1.807, 2.05) is 0 Å². The highest BCUT2D eigenvalue weighted by molar-refractivity contribution is 9.10. The van der Waals surface area contributed by atoms with Gasteiger partial charge in [0.05, 0.1) is 22.0 Å². The van der Waals surface area contributed by atoms with E-state index in [-0.39, 0.29) is 53.6 Å². The number of anilines is 1. The van der Waals surface area contributed by atoms with E-state index < -0.39 is 28.5 Å². The molecule has 1 aliphatic rings. The number of halogens is 2. The smallest absolute Gasteiger partial charge is 0.410 e. The first-order valence-corrected chi connectivity index (χ1v) is 11.1. The Labute approximate surface area is 199 Å². The molecule has 1 saturated heterocycles. The lowest BCUT2D eigenvalue weighted by atomic mass is 10.1. The third-order valence-corrected chi connectivity index (χ3v) is 5.72. The minimum atomic E-state index is -0.700. The van der Waals surface area contributed by atoms with Crippen LogP contribution in [-0.2, 0) is 4.74 Å². The van der Waals surface area contributed by atoms with Crippen molar-refractivity contribution in [2.24, 2.45) is 0 Å². The number of nitro benzene ring substituents is 1. The second kappa shape index (κ2) is 9.92. The molecule has 1 aliphatic heterocycles. The average Bonchev–Trinajstić information content (AvgIpc) is 2.74. The number of hydrogen-bond acceptors (Lipinski definition) is 7. The number of carbonyl (C=O) groups is 1. The van der Waals surface area contributed by atoms with Crippen molar-refractivity contribution in [3.63, 3.8) is 0 Å². The van der Waals surface area contributed by atoms with Crippen LogP contribution in [0.4, 0.5) is 20.6 Å². The van der Waals surface area contributed by atoms with Crippen LogP contribution in [0.3, 0.4) is 0 Å². The SMILES string of the molecule is CC(C)(C)OC(=O)N1CCN(c2c([N+](=O)[O-])ccc(Oc3ccccc3F)c2Br)C[C@@H]1CO. The van der Waals surface area contributed by atoms with E-state index in [0.29, 0.717) is 0 Å². The molecule has 1 fully saturated rings. The summed E-state index contributed by atoms with van der Waals surface area (Å²) in [7, 11) is 0. The molecule has 178 valence electrons. The molecular formula is C22H25BrFN3O6. The molecule has 0 aliphatic carbocycles. The number of ether oxygens (including phenoxy) is 2. The van der Waals surface area contributed by atoms with Crippen molar-refractivity contribution in [3.8, 4) is 11.5 Å². The van der Waals surface area contributed by atoms with E-state index in [1.165, 1.54) is 35.2 Å². The molecule has 3 rings (SSSR count). The lowest BCUT2D eigenvalue weighted by Gasteiger charge is -2.42. The van der Waals surface area contributed by atoms with Crippen molar-refractivity contribution in [1.82, 2.24) is 4.90 Å². The van der Waals surface area contributed by atoms with Crippen LogP contribution >= 0.6 is 15.9 Å². The van der Waals surface area contributed by atoms with E-state index >= 15 is 0 Å². The molecule has 0 unspecified atom stereocenters. The van der Waals surface area contributed by atoms with E-state index in [4.69, 9.17) is 9.47 Å². The van der Waals surface area contributed by atoms with Gasteiger partial charge in [-0.25, -0.2) is 9.18 Å². The largest absolute Gasteiger partial charge is 0.453 e. The van der Waals surface area contributed by atoms with Gasteiger partial charge in [-0.3, -0.25) is 15.0 Å². The highest BCUT2D eigenvalue weighted by Crippen LogP contribution is 2.44. The maximum Gasteiger partial charge on any atom is 0.410 e. The Morgan fingerprint density at radius 2 is 1.94 bits per heavy atom. The molecule has 1 heterocycles. The van der Waals surface area contributed by atoms with Gasteiger partial charge in [0.2, 0.25) is 0 Å². The van der Waals surface area contributed by atoms with Gasteiger partial charge in [0, 0.05) is 25.7 Å². The Balaban J connectivity index is 1.92. The summed E-state index contributed by atoms with van der Waals surface area (Å²) in [4.78, 5) is 26.9. The monoisotopic (exact) mass is 525 g/mol. The Hall–Kier alpha value is -2.92. The first-order chi connectivity index (χ1) is 15.5. The number of para-hydroxylation sites is 1. The van der Waals surface area contributed by atoms with Crippen molar-refractivity contribution in [2.45, 2.75) is 32.4 Å². The summed E-state index contributed by atoms with van der Waals surface area (Å²) in [5.74, 6) is -0.410. The van der Waals surface area contributed by atoms with Crippen LogP contribution in [0.2, 0.25) is 0 Å². The van der Waals surface area contributed by atoms with Crippen LogP contribution in [0.25, 0.3) is 0 Å². The minimum absolute atomic E-state index is 0.0269. The van der Waals surface area contributed by atoms with Gasteiger partial charge in [-0.2, -0.15) is 0 Å². The Morgan fingerprint density at radius 1 is 1.24 bits per heavy atom. The van der Waals surface area contributed by atoms with Crippen molar-refractivity contribution >= 4 is 33.4 Å². The third kappa shape index (κ3) is 5.72. The zero-order valence-electron chi connectivity index (χ0n) is 18.5. The zero-order chi connectivity index (χ0) is 24.3. The summed E-state index contributed by atoms with van der Waals surface area (Å²) < 4.78 is 25.4. The van der Waals surface area contributed by atoms with Gasteiger partial charge in [-0.05, 0) is 54.9 Å². The number of hydrogen-bond donors (Lipinski definition) is 1. The van der Waals surface area contributed by atoms with Gasteiger partial charge in [0.15, 0.2) is 11.6 Å². The average molecular weight is 526 g/mol. The Bertz CT molecular complexity index is 1050. The van der Waals surface area contributed by atoms with Gasteiger partial charge < -0.3 is 19.5 Å². The van der Waals surface area contributed by atoms with E-state index in [9.17, 15) is 24.4 Å². The fourth-order valence-electron chi connectivity index (χ4n) is 3.48. The molecule has 9 nitrogen and oxygen atoms in total. The Morgan fingerprint density at radius 3 is 2.55 bits per heavy atom. The fourth-order valence-corrected chi connectivity index (χ4v) is 4.15. The summed E-state index contributed by atoms with van der Waals surface area (Å²) in [6.07, 6.45) is -0.564. The van der Waals surface area contributed by atoms with Gasteiger partial charge in [-0.15, -0.1) is 0 Å². The predicted molar refractivity (Wildman–Crippen MR) is 123 cm³/mol. The second-order valence-corrected chi connectivity index (χ2v) is 9.28. The number of nitro groups is 1. The number of piperazine rings is 1. The lowest BCUT2D eigenvalue weighted by molar-refractivity contribution is -0.384. The van der Waals surface area contributed by atoms with Crippen molar-refractivity contribution in [1.29, 1.82) is 0 Å². The zero-order valence-corrected chi connectivity index (χ0v) is 20.0. The topological polar surface area (TPSA) is 105 Å². The van der Waals surface area contributed by atoms with Crippen LogP contribution in [0.15, 0.2) is 40.9 Å². The van der Waals surface area contributed by atoms with Crippen molar-refractivity contribution in [2.75, 3.05) is 31.1 Å². The molecule has 1 amide bonds. The number of rotatable bonds is 5.